The van der Waals surface area contributed by atoms with E-state index < -0.39 is 26.0 Å². The van der Waals surface area contributed by atoms with Crippen molar-refractivity contribution in [1.29, 1.82) is 0 Å². The van der Waals surface area contributed by atoms with Crippen molar-refractivity contribution in [3.63, 3.8) is 0 Å². The van der Waals surface area contributed by atoms with Crippen LogP contribution in [0, 0.1) is 6.92 Å². The fourth-order valence-corrected chi connectivity index (χ4v) is 4.80. The van der Waals surface area contributed by atoms with E-state index in [9.17, 15) is 21.6 Å². The zero-order valence-electron chi connectivity index (χ0n) is 21.4. The number of nitrogens with zero attached hydrogens (tertiary/aromatic N) is 3. The van der Waals surface area contributed by atoms with Gasteiger partial charge in [0.05, 0.1) is 18.2 Å². The fraction of sp³-hybridized carbons (Fsp3) is 0.200. The molecule has 0 aliphatic rings. The third-order valence-electron chi connectivity index (χ3n) is 5.42. The van der Waals surface area contributed by atoms with Crippen molar-refractivity contribution in [2.45, 2.75) is 6.92 Å². The van der Waals surface area contributed by atoms with Gasteiger partial charge in [0.1, 0.15) is 5.69 Å². The Morgan fingerprint density at radius 1 is 0.846 bits per heavy atom. The summed E-state index contributed by atoms with van der Waals surface area (Å²) in [6, 6.07) is 15.9. The predicted octanol–water partition coefficient (Wildman–Crippen LogP) is 2.39. The smallest absolute Gasteiger partial charge is 0.270 e. The molecule has 4 N–H and O–H groups in total. The Bertz CT molecular complexity index is 1760. The Morgan fingerprint density at radius 3 is 2.31 bits per heavy atom. The van der Waals surface area contributed by atoms with Gasteiger partial charge in [-0.1, -0.05) is 30.3 Å². The summed E-state index contributed by atoms with van der Waals surface area (Å²) in [5.41, 5.74) is 3.62. The van der Waals surface area contributed by atoms with Crippen molar-refractivity contribution in [3.05, 3.63) is 72.1 Å². The summed E-state index contributed by atoms with van der Waals surface area (Å²) in [5.74, 6) is -0.294. The van der Waals surface area contributed by atoms with Gasteiger partial charge in [-0.2, -0.15) is 4.98 Å². The summed E-state index contributed by atoms with van der Waals surface area (Å²) >= 11 is 0. The van der Waals surface area contributed by atoms with Crippen LogP contribution in [-0.4, -0.2) is 63.3 Å². The van der Waals surface area contributed by atoms with E-state index in [-0.39, 0.29) is 30.4 Å². The van der Waals surface area contributed by atoms with E-state index in [0.29, 0.717) is 22.3 Å². The summed E-state index contributed by atoms with van der Waals surface area (Å²) in [7, 11) is -6.83. The first kappa shape index (κ1) is 27.9. The lowest BCUT2D eigenvalue weighted by molar-refractivity contribution is 0.0950. The van der Waals surface area contributed by atoms with Crippen LogP contribution in [0.25, 0.3) is 22.2 Å². The number of amides is 1. The van der Waals surface area contributed by atoms with E-state index in [1.54, 1.807) is 36.5 Å². The summed E-state index contributed by atoms with van der Waals surface area (Å²) in [4.78, 5) is 26.6. The number of fused-ring (bicyclic) bond motifs is 1. The van der Waals surface area contributed by atoms with Gasteiger partial charge >= 0.3 is 0 Å². The number of aryl methyl sites for hydroxylation is 1. The van der Waals surface area contributed by atoms with E-state index in [1.165, 1.54) is 0 Å². The summed E-state index contributed by atoms with van der Waals surface area (Å²) in [6.45, 7) is 2.02. The highest BCUT2D eigenvalue weighted by Gasteiger charge is 2.19. The highest BCUT2D eigenvalue weighted by molar-refractivity contribution is 7.92. The molecule has 14 heteroatoms. The number of sulfonamides is 2. The number of carbonyl (C=O) groups excluding carboxylic acids is 1. The molecule has 4 rings (SSSR count). The van der Waals surface area contributed by atoms with Gasteiger partial charge in [0.15, 0.2) is 5.65 Å². The topological polar surface area (TPSA) is 172 Å². The first-order valence-corrected chi connectivity index (χ1v) is 15.5. The van der Waals surface area contributed by atoms with Crippen LogP contribution in [0.1, 0.15) is 16.1 Å². The Labute approximate surface area is 226 Å². The number of nitrogens with one attached hydrogen (secondary N) is 4. The second-order valence-corrected chi connectivity index (χ2v) is 12.4. The number of pyridine rings is 1. The van der Waals surface area contributed by atoms with Crippen LogP contribution in [0.5, 0.6) is 0 Å². The summed E-state index contributed by atoms with van der Waals surface area (Å²) in [5, 5.41) is 6.32. The van der Waals surface area contributed by atoms with Gasteiger partial charge < -0.3 is 10.6 Å². The van der Waals surface area contributed by atoms with Crippen LogP contribution >= 0.6 is 0 Å². The summed E-state index contributed by atoms with van der Waals surface area (Å²) < 4.78 is 50.5. The van der Waals surface area contributed by atoms with E-state index in [2.05, 4.69) is 35.0 Å². The molecular weight excluding hydrogens is 542 g/mol. The van der Waals surface area contributed by atoms with Crippen LogP contribution < -0.4 is 20.1 Å². The maximum Gasteiger partial charge on any atom is 0.270 e. The van der Waals surface area contributed by atoms with Crippen molar-refractivity contribution in [2.24, 2.45) is 0 Å². The number of anilines is 3. The van der Waals surface area contributed by atoms with Gasteiger partial charge in [0.2, 0.25) is 26.0 Å². The molecule has 0 spiro atoms. The molecule has 12 nitrogen and oxygen atoms in total. The maximum atomic E-state index is 13.2. The van der Waals surface area contributed by atoms with Gasteiger partial charge in [0.25, 0.3) is 5.91 Å². The Balaban J connectivity index is 1.68. The Hall–Kier alpha value is -4.14. The molecule has 204 valence electrons. The lowest BCUT2D eigenvalue weighted by Gasteiger charge is -2.14. The van der Waals surface area contributed by atoms with Crippen molar-refractivity contribution in [3.8, 4) is 11.1 Å². The lowest BCUT2D eigenvalue weighted by Crippen LogP contribution is -2.34. The third kappa shape index (κ3) is 7.69. The minimum absolute atomic E-state index is 0.0291. The first-order chi connectivity index (χ1) is 18.4. The molecule has 1 amide bonds. The first-order valence-electron chi connectivity index (χ1n) is 11.7. The minimum Gasteiger partial charge on any atom is -0.349 e. The van der Waals surface area contributed by atoms with Gasteiger partial charge in [0, 0.05) is 35.9 Å². The molecule has 0 saturated heterocycles. The van der Waals surface area contributed by atoms with Crippen molar-refractivity contribution < 1.29 is 21.6 Å². The molecule has 0 aliphatic heterocycles. The highest BCUT2D eigenvalue weighted by Crippen LogP contribution is 2.29. The molecule has 0 bridgehead atoms. The van der Waals surface area contributed by atoms with E-state index in [1.807, 2.05) is 31.2 Å². The largest absolute Gasteiger partial charge is 0.349 e. The minimum atomic E-state index is -3.45. The van der Waals surface area contributed by atoms with Gasteiger partial charge in [-0.3, -0.25) is 9.52 Å². The number of aromatic nitrogens is 3. The van der Waals surface area contributed by atoms with Crippen molar-refractivity contribution in [1.82, 2.24) is 25.0 Å². The molecule has 2 heterocycles. The standard InChI is InChI=1S/C25H27N7O5S2/c1-16-7-4-5-10-20(16)21-13-17-15-27-25(29-18-8-6-9-19(14-18)32-39(3,36)37)31-23(17)30-22(21)24(33)26-11-12-28-38(2,34)35/h4-10,13-15,28,32H,11-12H2,1-3H3,(H,26,33)(H,27,29,30,31). The molecule has 0 atom stereocenters. The third-order valence-corrected chi connectivity index (χ3v) is 6.75. The quantitative estimate of drug-likeness (QED) is 0.209. The van der Waals surface area contributed by atoms with Crippen LogP contribution in [0.15, 0.2) is 60.8 Å². The molecule has 0 aliphatic carbocycles. The van der Waals surface area contributed by atoms with E-state index >= 15 is 0 Å². The molecule has 0 saturated carbocycles. The zero-order chi connectivity index (χ0) is 28.2. The highest BCUT2D eigenvalue weighted by atomic mass is 32.2. The SMILES string of the molecule is Cc1ccccc1-c1cc2cnc(Nc3cccc(NS(C)(=O)=O)c3)nc2nc1C(=O)NCCNS(C)(=O)=O. The number of hydrogen-bond donors (Lipinski definition) is 4. The predicted molar refractivity (Wildman–Crippen MR) is 151 cm³/mol. The second kappa shape index (κ2) is 11.3. The Kier molecular flexibility index (Phi) is 8.09. The van der Waals surface area contributed by atoms with Gasteiger partial charge in [-0.25, -0.2) is 31.5 Å². The van der Waals surface area contributed by atoms with E-state index in [4.69, 9.17) is 0 Å². The second-order valence-electron chi connectivity index (χ2n) is 8.81. The molecule has 4 aromatic rings. The monoisotopic (exact) mass is 569 g/mol. The molecule has 0 fully saturated rings. The average Bonchev–Trinajstić information content (AvgIpc) is 2.85. The van der Waals surface area contributed by atoms with Crippen LogP contribution in [0.4, 0.5) is 17.3 Å². The fourth-order valence-electron chi connectivity index (χ4n) is 3.78. The number of benzene rings is 2. The number of hydrogen-bond acceptors (Lipinski definition) is 9. The normalized spacial score (nSPS) is 11.8. The number of carbonyl (C=O) groups is 1. The van der Waals surface area contributed by atoms with Gasteiger partial charge in [-0.15, -0.1) is 0 Å². The molecule has 0 radical (unpaired) electrons. The molecule has 39 heavy (non-hydrogen) atoms. The Morgan fingerprint density at radius 2 is 1.59 bits per heavy atom. The maximum absolute atomic E-state index is 13.2. The molecular formula is C25H27N7O5S2. The molecule has 2 aromatic heterocycles. The van der Waals surface area contributed by atoms with Crippen LogP contribution in [-0.2, 0) is 20.0 Å². The van der Waals surface area contributed by atoms with Crippen LogP contribution in [0.2, 0.25) is 0 Å². The van der Waals surface area contributed by atoms with Crippen molar-refractivity contribution >= 4 is 54.3 Å². The van der Waals surface area contributed by atoms with Crippen LogP contribution in [0.3, 0.4) is 0 Å². The lowest BCUT2D eigenvalue weighted by atomic mass is 9.98. The zero-order valence-corrected chi connectivity index (χ0v) is 23.0. The van der Waals surface area contributed by atoms with E-state index in [0.717, 1.165) is 23.6 Å². The number of rotatable bonds is 10. The van der Waals surface area contributed by atoms with Crippen molar-refractivity contribution in [2.75, 3.05) is 35.6 Å². The molecule has 0 unspecified atom stereocenters. The van der Waals surface area contributed by atoms with Gasteiger partial charge in [-0.05, 0) is 42.3 Å². The molecule has 2 aromatic carbocycles. The summed E-state index contributed by atoms with van der Waals surface area (Å²) in [6.07, 6.45) is 3.68. The average molecular weight is 570 g/mol.